The number of carboxylic acids is 1. The van der Waals surface area contributed by atoms with Gasteiger partial charge in [0.05, 0.1) is 11.5 Å². The highest BCUT2D eigenvalue weighted by molar-refractivity contribution is 5.91. The highest BCUT2D eigenvalue weighted by atomic mass is 16.4. The summed E-state index contributed by atoms with van der Waals surface area (Å²) in [4.78, 5) is 40.0. The predicted octanol–water partition coefficient (Wildman–Crippen LogP) is 3.36. The van der Waals surface area contributed by atoms with Crippen molar-refractivity contribution in [3.05, 3.63) is 71.3 Å². The maximum Gasteiger partial charge on any atom is 0.311 e. The average Bonchev–Trinajstić information content (AvgIpc) is 3.18. The molecule has 4 N–H and O–H groups in total. The maximum absolute atomic E-state index is 13.6. The van der Waals surface area contributed by atoms with E-state index in [1.165, 1.54) is 5.56 Å². The van der Waals surface area contributed by atoms with E-state index in [1.807, 2.05) is 47.4 Å². The summed E-state index contributed by atoms with van der Waals surface area (Å²) in [5.41, 5.74) is 7.91. The normalized spacial score (nSPS) is 19.5. The number of nitrogens with two attached hydrogens (primary N) is 1. The molecular formula is C29H37N3O4. The first-order valence-corrected chi connectivity index (χ1v) is 12.9. The summed E-state index contributed by atoms with van der Waals surface area (Å²) < 4.78 is 0. The first kappa shape index (κ1) is 25.9. The quantitative estimate of drug-likeness (QED) is 0.524. The van der Waals surface area contributed by atoms with Crippen LogP contribution >= 0.6 is 0 Å². The van der Waals surface area contributed by atoms with Gasteiger partial charge in [-0.2, -0.15) is 0 Å². The summed E-state index contributed by atoms with van der Waals surface area (Å²) in [5, 5.41) is 12.7. The van der Waals surface area contributed by atoms with Crippen molar-refractivity contribution in [3.8, 4) is 0 Å². The van der Waals surface area contributed by atoms with E-state index < -0.39 is 23.5 Å². The lowest BCUT2D eigenvalue weighted by Gasteiger charge is -2.41. The number of amides is 2. The van der Waals surface area contributed by atoms with Crippen LogP contribution in [0.15, 0.2) is 54.6 Å². The number of piperidine rings is 1. The summed E-state index contributed by atoms with van der Waals surface area (Å²) in [6.07, 6.45) is 4.11. The van der Waals surface area contributed by atoms with Crippen molar-refractivity contribution in [2.24, 2.45) is 5.73 Å². The number of carbonyl (C=O) groups is 3. The van der Waals surface area contributed by atoms with Crippen molar-refractivity contribution in [2.75, 3.05) is 13.1 Å². The molecule has 1 heterocycles. The second-order valence-electron chi connectivity index (χ2n) is 10.9. The molecule has 0 bridgehead atoms. The van der Waals surface area contributed by atoms with E-state index in [0.717, 1.165) is 24.0 Å². The van der Waals surface area contributed by atoms with E-state index in [2.05, 4.69) is 17.4 Å². The summed E-state index contributed by atoms with van der Waals surface area (Å²) >= 11 is 0. The number of fused-ring (bicyclic) bond motifs is 2. The van der Waals surface area contributed by atoms with Gasteiger partial charge in [0.1, 0.15) is 6.04 Å². The zero-order chi connectivity index (χ0) is 25.9. The number of nitrogens with zero attached hydrogens (tertiary/aromatic N) is 1. The zero-order valence-electron chi connectivity index (χ0n) is 21.2. The van der Waals surface area contributed by atoms with Crippen LogP contribution in [0, 0.1) is 0 Å². The average molecular weight is 492 g/mol. The van der Waals surface area contributed by atoms with E-state index in [9.17, 15) is 19.5 Å². The fourth-order valence-electron chi connectivity index (χ4n) is 5.72. The molecule has 36 heavy (non-hydrogen) atoms. The number of hydrogen-bond acceptors (Lipinski definition) is 4. The fraction of sp³-hybridized carbons (Fsp3) is 0.483. The Morgan fingerprint density at radius 3 is 2.36 bits per heavy atom. The smallest absolute Gasteiger partial charge is 0.311 e. The Morgan fingerprint density at radius 2 is 1.72 bits per heavy atom. The number of carboxylic acid groups (broad SMARTS) is 1. The van der Waals surface area contributed by atoms with Crippen LogP contribution in [0.3, 0.4) is 0 Å². The summed E-state index contributed by atoms with van der Waals surface area (Å²) in [5.74, 6) is -1.72. The molecule has 0 radical (unpaired) electrons. The minimum Gasteiger partial charge on any atom is -0.481 e. The Bertz CT molecular complexity index is 1100. The highest BCUT2D eigenvalue weighted by Gasteiger charge is 2.48. The fourth-order valence-corrected chi connectivity index (χ4v) is 5.72. The zero-order valence-corrected chi connectivity index (χ0v) is 21.2. The minimum atomic E-state index is -1.08. The number of likely N-dealkylation sites (tertiary alicyclic amines) is 1. The first-order chi connectivity index (χ1) is 17.1. The molecule has 4 rings (SSSR count). The van der Waals surface area contributed by atoms with Gasteiger partial charge in [0, 0.05) is 18.5 Å². The SMILES string of the molecule is CC(C)(N)C(=O)N[C@H](CCCc1ccccc1)C(=O)N1CCC2(CC1)C[C@@H](C(=O)O)c1ccccc12. The van der Waals surface area contributed by atoms with Gasteiger partial charge < -0.3 is 21.1 Å². The Balaban J connectivity index is 1.44. The summed E-state index contributed by atoms with van der Waals surface area (Å²) in [6, 6.07) is 17.3. The lowest BCUT2D eigenvalue weighted by Crippen LogP contribution is -2.57. The molecule has 2 aromatic rings. The number of nitrogens with one attached hydrogen (secondary N) is 1. The Labute approximate surface area is 213 Å². The molecule has 192 valence electrons. The van der Waals surface area contributed by atoms with Gasteiger partial charge in [-0.1, -0.05) is 54.6 Å². The van der Waals surface area contributed by atoms with Gasteiger partial charge in [0.2, 0.25) is 11.8 Å². The molecule has 1 aliphatic carbocycles. The summed E-state index contributed by atoms with van der Waals surface area (Å²) in [6.45, 7) is 4.34. The standard InChI is InChI=1S/C29H37N3O4/c1-28(2,30)27(36)31-24(14-8-11-20-9-4-3-5-10-20)25(33)32-17-15-29(16-18-32)19-22(26(34)35)21-12-6-7-13-23(21)29/h3-7,9-10,12-13,22,24H,8,11,14-19,30H2,1-2H3,(H,31,36)(H,34,35)/t22-,24-/m1/s1. The van der Waals surface area contributed by atoms with Crippen LogP contribution in [0.1, 0.15) is 68.6 Å². The van der Waals surface area contributed by atoms with Crippen molar-refractivity contribution in [3.63, 3.8) is 0 Å². The number of aryl methyl sites for hydroxylation is 1. The van der Waals surface area contributed by atoms with Gasteiger partial charge in [-0.25, -0.2) is 0 Å². The van der Waals surface area contributed by atoms with Crippen molar-refractivity contribution in [1.82, 2.24) is 10.2 Å². The van der Waals surface area contributed by atoms with Crippen molar-refractivity contribution >= 4 is 17.8 Å². The third-order valence-corrected chi connectivity index (χ3v) is 7.82. The lowest BCUT2D eigenvalue weighted by molar-refractivity contribution is -0.140. The topological polar surface area (TPSA) is 113 Å². The molecule has 2 aromatic carbocycles. The lowest BCUT2D eigenvalue weighted by atomic mass is 9.73. The van der Waals surface area contributed by atoms with Crippen LogP contribution in [0.5, 0.6) is 0 Å². The van der Waals surface area contributed by atoms with E-state index in [-0.39, 0.29) is 17.2 Å². The number of aliphatic carboxylic acids is 1. The van der Waals surface area contributed by atoms with Crippen molar-refractivity contribution < 1.29 is 19.5 Å². The van der Waals surface area contributed by atoms with Gasteiger partial charge in [-0.15, -0.1) is 0 Å². The van der Waals surface area contributed by atoms with Gasteiger partial charge in [0.25, 0.3) is 0 Å². The van der Waals surface area contributed by atoms with Crippen LogP contribution in [0.25, 0.3) is 0 Å². The molecule has 2 amide bonds. The molecule has 0 saturated carbocycles. The Kier molecular flexibility index (Phi) is 7.50. The van der Waals surface area contributed by atoms with Crippen LogP contribution in [-0.2, 0) is 26.2 Å². The van der Waals surface area contributed by atoms with Gasteiger partial charge >= 0.3 is 5.97 Å². The molecule has 2 aliphatic rings. The van der Waals surface area contributed by atoms with E-state index in [1.54, 1.807) is 13.8 Å². The van der Waals surface area contributed by atoms with E-state index >= 15 is 0 Å². The molecule has 7 heteroatoms. The first-order valence-electron chi connectivity index (χ1n) is 12.9. The molecule has 0 unspecified atom stereocenters. The number of hydrogen-bond donors (Lipinski definition) is 3. The Morgan fingerprint density at radius 1 is 1.08 bits per heavy atom. The minimum absolute atomic E-state index is 0.0865. The largest absolute Gasteiger partial charge is 0.481 e. The van der Waals surface area contributed by atoms with Gasteiger partial charge in [-0.3, -0.25) is 14.4 Å². The number of rotatable bonds is 8. The molecular weight excluding hydrogens is 454 g/mol. The van der Waals surface area contributed by atoms with Crippen molar-refractivity contribution in [2.45, 2.75) is 75.3 Å². The third kappa shape index (κ3) is 5.46. The Hall–Kier alpha value is -3.19. The van der Waals surface area contributed by atoms with Crippen LogP contribution < -0.4 is 11.1 Å². The van der Waals surface area contributed by atoms with Gasteiger partial charge in [-0.05, 0) is 69.1 Å². The highest BCUT2D eigenvalue weighted by Crippen LogP contribution is 2.51. The molecule has 1 saturated heterocycles. The monoisotopic (exact) mass is 491 g/mol. The number of benzene rings is 2. The second kappa shape index (κ2) is 10.4. The van der Waals surface area contributed by atoms with Gasteiger partial charge in [0.15, 0.2) is 0 Å². The van der Waals surface area contributed by atoms with Crippen molar-refractivity contribution in [1.29, 1.82) is 0 Å². The third-order valence-electron chi connectivity index (χ3n) is 7.82. The van der Waals surface area contributed by atoms with Crippen LogP contribution in [0.4, 0.5) is 0 Å². The molecule has 1 aliphatic heterocycles. The van der Waals surface area contributed by atoms with Crippen LogP contribution in [-0.4, -0.2) is 52.5 Å². The second-order valence-corrected chi connectivity index (χ2v) is 10.9. The molecule has 1 spiro atoms. The molecule has 2 atom stereocenters. The molecule has 1 fully saturated rings. The number of carbonyl (C=O) groups excluding carboxylic acids is 2. The predicted molar refractivity (Wildman–Crippen MR) is 139 cm³/mol. The van der Waals surface area contributed by atoms with E-state index in [4.69, 9.17) is 5.73 Å². The maximum atomic E-state index is 13.6. The van der Waals surface area contributed by atoms with E-state index in [0.29, 0.717) is 38.8 Å². The molecule has 0 aromatic heterocycles. The molecule has 7 nitrogen and oxygen atoms in total. The van der Waals surface area contributed by atoms with Crippen LogP contribution in [0.2, 0.25) is 0 Å². The summed E-state index contributed by atoms with van der Waals surface area (Å²) in [7, 11) is 0.